The Kier molecular flexibility index (Phi) is 3.74. The smallest absolute Gasteiger partial charge is 0.322 e. The van der Waals surface area contributed by atoms with Crippen LogP contribution in [0, 0.1) is 5.92 Å². The summed E-state index contributed by atoms with van der Waals surface area (Å²) in [6.45, 7) is 4.09. The molecule has 0 radical (unpaired) electrons. The van der Waals surface area contributed by atoms with E-state index in [0.717, 1.165) is 0 Å². The van der Waals surface area contributed by atoms with Gasteiger partial charge in [0.05, 0.1) is 17.4 Å². The van der Waals surface area contributed by atoms with Crippen molar-refractivity contribution in [1.82, 2.24) is 0 Å². The Morgan fingerprint density at radius 2 is 2.06 bits per heavy atom. The molecule has 3 unspecified atom stereocenters. The summed E-state index contributed by atoms with van der Waals surface area (Å²) >= 11 is 0. The first-order chi connectivity index (χ1) is 8.24. The van der Waals surface area contributed by atoms with Gasteiger partial charge in [0.25, 0.3) is 0 Å². The number of carbonyl (C=O) groups is 1. The summed E-state index contributed by atoms with van der Waals surface area (Å²) in [5.74, 6) is -0.458. The van der Waals surface area contributed by atoms with E-state index in [-0.39, 0.29) is 11.9 Å². The normalized spacial score (nSPS) is 26.0. The van der Waals surface area contributed by atoms with Crippen molar-refractivity contribution in [3.8, 4) is 0 Å². The Hall–Kier alpha value is -1.42. The summed E-state index contributed by atoms with van der Waals surface area (Å²) in [7, 11) is -1.38. The van der Waals surface area contributed by atoms with E-state index in [4.69, 9.17) is 4.74 Å². The fourth-order valence-electron chi connectivity index (χ4n) is 1.89. The topological polar surface area (TPSA) is 43.4 Å². The third-order valence-corrected chi connectivity index (χ3v) is 4.57. The van der Waals surface area contributed by atoms with Gasteiger partial charge in [0.15, 0.2) is 0 Å². The molecule has 0 bridgehead atoms. The average Bonchev–Trinajstić information content (AvgIpc) is 2.38. The summed E-state index contributed by atoms with van der Waals surface area (Å²) in [4.78, 5) is 12.4. The van der Waals surface area contributed by atoms with Crippen molar-refractivity contribution in [3.63, 3.8) is 0 Å². The molecule has 1 saturated heterocycles. The zero-order valence-corrected chi connectivity index (χ0v) is 10.2. The van der Waals surface area contributed by atoms with Crippen LogP contribution in [-0.2, 0) is 20.3 Å². The molecule has 1 aromatic rings. The van der Waals surface area contributed by atoms with E-state index in [1.165, 1.54) is 0 Å². The number of ether oxygens (including phenoxy) is 1. The second kappa shape index (κ2) is 5.27. The van der Waals surface area contributed by atoms with Crippen molar-refractivity contribution >= 4 is 16.8 Å². The van der Waals surface area contributed by atoms with Crippen LogP contribution in [0.4, 0.5) is 0 Å². The summed E-state index contributed by atoms with van der Waals surface area (Å²) in [5, 5.41) is -0.622. The SMILES string of the molecule is C=CC1CCOC(=O)C1S(=O)c1ccccc1. The number of cyclic esters (lactones) is 1. The van der Waals surface area contributed by atoms with Gasteiger partial charge >= 0.3 is 5.97 Å². The van der Waals surface area contributed by atoms with E-state index in [0.29, 0.717) is 17.9 Å². The molecule has 3 atom stereocenters. The summed E-state index contributed by atoms with van der Waals surface area (Å²) in [5.41, 5.74) is 0. The maximum atomic E-state index is 12.3. The van der Waals surface area contributed by atoms with Crippen molar-refractivity contribution in [2.75, 3.05) is 6.61 Å². The van der Waals surface area contributed by atoms with E-state index < -0.39 is 16.0 Å². The van der Waals surface area contributed by atoms with Crippen molar-refractivity contribution in [3.05, 3.63) is 43.0 Å². The lowest BCUT2D eigenvalue weighted by Gasteiger charge is -2.27. The molecule has 0 spiro atoms. The third kappa shape index (κ3) is 2.47. The van der Waals surface area contributed by atoms with Crippen LogP contribution in [0.5, 0.6) is 0 Å². The maximum Gasteiger partial charge on any atom is 0.322 e. The second-order valence-electron chi connectivity index (χ2n) is 3.89. The lowest BCUT2D eigenvalue weighted by Crippen LogP contribution is -2.39. The minimum absolute atomic E-state index is 0.0720. The van der Waals surface area contributed by atoms with Gasteiger partial charge in [0.2, 0.25) is 0 Å². The molecular weight excluding hydrogens is 236 g/mol. The lowest BCUT2D eigenvalue weighted by molar-refractivity contribution is -0.147. The Morgan fingerprint density at radius 1 is 1.35 bits per heavy atom. The molecule has 1 aliphatic rings. The monoisotopic (exact) mass is 250 g/mol. The zero-order chi connectivity index (χ0) is 12.3. The van der Waals surface area contributed by atoms with Crippen LogP contribution in [0.15, 0.2) is 47.9 Å². The molecule has 0 saturated carbocycles. The molecule has 1 aromatic carbocycles. The van der Waals surface area contributed by atoms with Crippen molar-refractivity contribution in [2.45, 2.75) is 16.6 Å². The third-order valence-electron chi connectivity index (χ3n) is 2.83. The number of carbonyl (C=O) groups excluding carboxylic acids is 1. The first-order valence-electron chi connectivity index (χ1n) is 5.49. The van der Waals surface area contributed by atoms with Crippen molar-refractivity contribution in [2.24, 2.45) is 5.92 Å². The van der Waals surface area contributed by atoms with Crippen LogP contribution >= 0.6 is 0 Å². The number of allylic oxidation sites excluding steroid dienone is 1. The fraction of sp³-hybridized carbons (Fsp3) is 0.308. The van der Waals surface area contributed by atoms with Crippen LogP contribution in [0.25, 0.3) is 0 Å². The number of rotatable bonds is 3. The molecular formula is C13H14O3S. The van der Waals surface area contributed by atoms with E-state index in [1.54, 1.807) is 18.2 Å². The number of esters is 1. The molecule has 0 aliphatic carbocycles. The van der Waals surface area contributed by atoms with Crippen molar-refractivity contribution < 1.29 is 13.7 Å². The van der Waals surface area contributed by atoms with E-state index in [1.807, 2.05) is 18.2 Å². The maximum absolute atomic E-state index is 12.3. The van der Waals surface area contributed by atoms with Crippen LogP contribution < -0.4 is 0 Å². The molecule has 0 N–H and O–H groups in total. The van der Waals surface area contributed by atoms with Gasteiger partial charge in [-0.2, -0.15) is 0 Å². The molecule has 1 aliphatic heterocycles. The quantitative estimate of drug-likeness (QED) is 0.608. The zero-order valence-electron chi connectivity index (χ0n) is 9.37. The average molecular weight is 250 g/mol. The van der Waals surface area contributed by atoms with Crippen LogP contribution in [0.3, 0.4) is 0 Å². The molecule has 90 valence electrons. The molecule has 4 heteroatoms. The van der Waals surface area contributed by atoms with E-state index in [9.17, 15) is 9.00 Å². The Morgan fingerprint density at radius 3 is 2.71 bits per heavy atom. The van der Waals surface area contributed by atoms with Gasteiger partial charge in [-0.15, -0.1) is 6.58 Å². The Labute approximate surface area is 103 Å². The highest BCUT2D eigenvalue weighted by Crippen LogP contribution is 2.25. The predicted molar refractivity (Wildman–Crippen MR) is 65.9 cm³/mol. The molecule has 1 fully saturated rings. The second-order valence-corrected chi connectivity index (χ2v) is 5.46. The molecule has 17 heavy (non-hydrogen) atoms. The molecule has 1 heterocycles. The van der Waals surface area contributed by atoms with Gasteiger partial charge in [-0.25, -0.2) is 0 Å². The lowest BCUT2D eigenvalue weighted by atomic mass is 10.00. The van der Waals surface area contributed by atoms with Gasteiger partial charge in [0.1, 0.15) is 5.25 Å². The minimum atomic E-state index is -1.38. The van der Waals surface area contributed by atoms with Gasteiger partial charge in [-0.3, -0.25) is 9.00 Å². The number of hydrogen-bond acceptors (Lipinski definition) is 3. The molecule has 2 rings (SSSR count). The van der Waals surface area contributed by atoms with Gasteiger partial charge < -0.3 is 4.74 Å². The van der Waals surface area contributed by atoms with E-state index >= 15 is 0 Å². The first-order valence-corrected chi connectivity index (χ1v) is 6.70. The largest absolute Gasteiger partial charge is 0.465 e. The number of hydrogen-bond donors (Lipinski definition) is 0. The fourth-order valence-corrected chi connectivity index (χ4v) is 3.42. The van der Waals surface area contributed by atoms with E-state index in [2.05, 4.69) is 6.58 Å². The summed E-state index contributed by atoms with van der Waals surface area (Å²) in [6, 6.07) is 9.00. The molecule has 3 nitrogen and oxygen atoms in total. The standard InChI is InChI=1S/C13H14O3S/c1-2-10-8-9-16-13(14)12(10)17(15)11-6-4-3-5-7-11/h2-7,10,12H,1,8-9H2. The Bertz CT molecular complexity index is 441. The summed E-state index contributed by atoms with van der Waals surface area (Å²) in [6.07, 6.45) is 2.39. The van der Waals surface area contributed by atoms with Gasteiger partial charge in [-0.1, -0.05) is 24.3 Å². The van der Waals surface area contributed by atoms with Gasteiger partial charge in [0, 0.05) is 10.8 Å². The predicted octanol–water partition coefficient (Wildman–Crippen LogP) is 1.91. The summed E-state index contributed by atoms with van der Waals surface area (Å²) < 4.78 is 17.3. The highest BCUT2D eigenvalue weighted by Gasteiger charge is 2.37. The highest BCUT2D eigenvalue weighted by molar-refractivity contribution is 7.86. The van der Waals surface area contributed by atoms with Crippen LogP contribution in [0.1, 0.15) is 6.42 Å². The van der Waals surface area contributed by atoms with Crippen molar-refractivity contribution in [1.29, 1.82) is 0 Å². The number of benzene rings is 1. The van der Waals surface area contributed by atoms with Crippen LogP contribution in [-0.4, -0.2) is 22.0 Å². The molecule has 0 amide bonds. The highest BCUT2D eigenvalue weighted by atomic mass is 32.2. The molecule has 0 aromatic heterocycles. The first kappa shape index (κ1) is 12.0. The minimum Gasteiger partial charge on any atom is -0.465 e. The Balaban J connectivity index is 2.27. The van der Waals surface area contributed by atoms with Gasteiger partial charge in [-0.05, 0) is 18.6 Å². The van der Waals surface area contributed by atoms with Crippen LogP contribution in [0.2, 0.25) is 0 Å².